The molecule has 0 spiro atoms. The summed E-state index contributed by atoms with van der Waals surface area (Å²) >= 11 is 0. The van der Waals surface area contributed by atoms with Gasteiger partial charge in [0.15, 0.2) is 0 Å². The first-order valence-electron chi connectivity index (χ1n) is 6.05. The highest BCUT2D eigenvalue weighted by atomic mass is 19.1. The second kappa shape index (κ2) is 5.17. The molecule has 0 heterocycles. The first-order chi connectivity index (χ1) is 8.22. The molecule has 1 N–H and O–H groups in total. The monoisotopic (exact) mass is 236 g/mol. The average molecular weight is 236 g/mol. The second-order valence-electron chi connectivity index (χ2n) is 4.27. The topological polar surface area (TPSA) is 32.3 Å². The Labute approximate surface area is 101 Å². The number of benzene rings is 1. The van der Waals surface area contributed by atoms with Gasteiger partial charge in [0.2, 0.25) is 0 Å². The van der Waals surface area contributed by atoms with Gasteiger partial charge < -0.3 is 5.32 Å². The molecule has 1 aromatic rings. The highest BCUT2D eigenvalue weighted by Crippen LogP contribution is 2.21. The van der Waals surface area contributed by atoms with Crippen LogP contribution >= 0.6 is 0 Å². The molecule has 0 radical (unpaired) electrons. The van der Waals surface area contributed by atoms with Crippen molar-refractivity contribution in [3.63, 3.8) is 0 Å². The van der Waals surface area contributed by atoms with Crippen LogP contribution in [0.5, 0.6) is 0 Å². The summed E-state index contributed by atoms with van der Waals surface area (Å²) in [5.74, 6) is -0.363. The van der Waals surface area contributed by atoms with Gasteiger partial charge in [-0.25, -0.2) is 9.18 Å². The van der Waals surface area contributed by atoms with Gasteiger partial charge in [-0.15, -0.1) is 0 Å². The van der Waals surface area contributed by atoms with E-state index in [9.17, 15) is 9.18 Å². The van der Waals surface area contributed by atoms with Gasteiger partial charge >= 0.3 is 6.03 Å². The lowest BCUT2D eigenvalue weighted by atomic mass is 9.93. The van der Waals surface area contributed by atoms with Gasteiger partial charge in [0.1, 0.15) is 5.82 Å². The van der Waals surface area contributed by atoms with Crippen LogP contribution in [0.2, 0.25) is 0 Å². The fourth-order valence-corrected chi connectivity index (χ4v) is 1.90. The minimum absolute atomic E-state index is 0.206. The maximum absolute atomic E-state index is 13.6. The molecule has 1 aliphatic rings. The number of carbonyl (C=O) groups is 1. The number of hydrogen-bond acceptors (Lipinski definition) is 1. The van der Waals surface area contributed by atoms with Crippen molar-refractivity contribution in [3.05, 3.63) is 30.1 Å². The number of para-hydroxylation sites is 1. The SMILES string of the molecule is CCN(C(=O)NC1CCC1)c1ccccc1F. The van der Waals surface area contributed by atoms with Crippen molar-refractivity contribution in [2.75, 3.05) is 11.4 Å². The number of anilines is 1. The zero-order valence-electron chi connectivity index (χ0n) is 9.95. The third kappa shape index (κ3) is 2.57. The molecular formula is C13H17FN2O. The molecule has 0 unspecified atom stereocenters. The molecular weight excluding hydrogens is 219 g/mol. The molecule has 0 saturated heterocycles. The van der Waals surface area contributed by atoms with E-state index in [0.717, 1.165) is 19.3 Å². The first-order valence-corrected chi connectivity index (χ1v) is 6.05. The van der Waals surface area contributed by atoms with Crippen molar-refractivity contribution in [1.29, 1.82) is 0 Å². The molecule has 2 rings (SSSR count). The zero-order chi connectivity index (χ0) is 12.3. The Morgan fingerprint density at radius 1 is 1.47 bits per heavy atom. The Balaban J connectivity index is 2.09. The molecule has 1 saturated carbocycles. The fraction of sp³-hybridized carbons (Fsp3) is 0.462. The van der Waals surface area contributed by atoms with Crippen LogP contribution in [0.1, 0.15) is 26.2 Å². The number of amides is 2. The average Bonchev–Trinajstić information content (AvgIpc) is 2.27. The molecule has 92 valence electrons. The Bertz CT molecular complexity index is 404. The third-order valence-corrected chi connectivity index (χ3v) is 3.14. The molecule has 1 fully saturated rings. The predicted octanol–water partition coefficient (Wildman–Crippen LogP) is 2.91. The predicted molar refractivity (Wildman–Crippen MR) is 65.6 cm³/mol. The van der Waals surface area contributed by atoms with E-state index in [1.165, 1.54) is 11.0 Å². The van der Waals surface area contributed by atoms with Gasteiger partial charge in [0, 0.05) is 12.6 Å². The van der Waals surface area contributed by atoms with Gasteiger partial charge in [-0.1, -0.05) is 12.1 Å². The summed E-state index contributed by atoms with van der Waals surface area (Å²) in [6.07, 6.45) is 3.22. The summed E-state index contributed by atoms with van der Waals surface area (Å²) in [7, 11) is 0. The number of halogens is 1. The van der Waals surface area contributed by atoms with Crippen LogP contribution in [0.25, 0.3) is 0 Å². The molecule has 0 aliphatic heterocycles. The van der Waals surface area contributed by atoms with Crippen molar-refractivity contribution in [1.82, 2.24) is 5.32 Å². The summed E-state index contributed by atoms with van der Waals surface area (Å²) in [5.41, 5.74) is 0.340. The lowest BCUT2D eigenvalue weighted by Gasteiger charge is -2.30. The fourth-order valence-electron chi connectivity index (χ4n) is 1.90. The standard InChI is InChI=1S/C13H17FN2O/c1-2-16(12-9-4-3-8-11(12)14)13(17)15-10-6-5-7-10/h3-4,8-10H,2,5-7H2,1H3,(H,15,17). The zero-order valence-corrected chi connectivity index (χ0v) is 9.95. The smallest absolute Gasteiger partial charge is 0.322 e. The Morgan fingerprint density at radius 3 is 2.71 bits per heavy atom. The number of hydrogen-bond donors (Lipinski definition) is 1. The van der Waals surface area contributed by atoms with E-state index in [4.69, 9.17) is 0 Å². The number of carbonyl (C=O) groups excluding carboxylic acids is 1. The van der Waals surface area contributed by atoms with Crippen molar-refractivity contribution in [2.24, 2.45) is 0 Å². The second-order valence-corrected chi connectivity index (χ2v) is 4.27. The number of urea groups is 1. The molecule has 0 atom stereocenters. The summed E-state index contributed by atoms with van der Waals surface area (Å²) in [5, 5.41) is 2.91. The van der Waals surface area contributed by atoms with Gasteiger partial charge in [0.25, 0.3) is 0 Å². The van der Waals surface area contributed by atoms with E-state index in [2.05, 4.69) is 5.32 Å². The quantitative estimate of drug-likeness (QED) is 0.859. The van der Waals surface area contributed by atoms with Gasteiger partial charge in [-0.05, 0) is 38.3 Å². The van der Waals surface area contributed by atoms with Crippen LogP contribution in [-0.2, 0) is 0 Å². The van der Waals surface area contributed by atoms with E-state index >= 15 is 0 Å². The molecule has 1 aromatic carbocycles. The molecule has 4 heteroatoms. The van der Waals surface area contributed by atoms with Crippen LogP contribution in [0.15, 0.2) is 24.3 Å². The summed E-state index contributed by atoms with van der Waals surface area (Å²) in [4.78, 5) is 13.4. The molecule has 2 amide bonds. The van der Waals surface area contributed by atoms with Crippen LogP contribution in [0.4, 0.5) is 14.9 Å². The minimum Gasteiger partial charge on any atom is -0.335 e. The van der Waals surface area contributed by atoms with Gasteiger partial charge in [0.05, 0.1) is 5.69 Å². The maximum atomic E-state index is 13.6. The largest absolute Gasteiger partial charge is 0.335 e. The van der Waals surface area contributed by atoms with Crippen molar-refractivity contribution in [2.45, 2.75) is 32.2 Å². The number of nitrogens with zero attached hydrogens (tertiary/aromatic N) is 1. The summed E-state index contributed by atoms with van der Waals surface area (Å²) in [6, 6.07) is 6.41. The van der Waals surface area contributed by atoms with Crippen molar-refractivity contribution < 1.29 is 9.18 Å². The number of nitrogens with one attached hydrogen (secondary N) is 1. The summed E-state index contributed by atoms with van der Waals surface area (Å²) < 4.78 is 13.6. The van der Waals surface area contributed by atoms with Crippen LogP contribution < -0.4 is 10.2 Å². The van der Waals surface area contributed by atoms with E-state index in [1.807, 2.05) is 6.92 Å². The lowest BCUT2D eigenvalue weighted by Crippen LogP contribution is -2.47. The lowest BCUT2D eigenvalue weighted by molar-refractivity contribution is 0.234. The Morgan fingerprint density at radius 2 is 2.18 bits per heavy atom. The molecule has 0 bridgehead atoms. The maximum Gasteiger partial charge on any atom is 0.322 e. The van der Waals surface area contributed by atoms with Gasteiger partial charge in [-0.2, -0.15) is 0 Å². The molecule has 3 nitrogen and oxygen atoms in total. The van der Waals surface area contributed by atoms with E-state index < -0.39 is 0 Å². The van der Waals surface area contributed by atoms with Crippen LogP contribution in [0.3, 0.4) is 0 Å². The summed E-state index contributed by atoms with van der Waals surface area (Å²) in [6.45, 7) is 2.30. The normalized spacial score (nSPS) is 15.2. The van der Waals surface area contributed by atoms with Crippen LogP contribution in [-0.4, -0.2) is 18.6 Å². The van der Waals surface area contributed by atoms with Crippen molar-refractivity contribution in [3.8, 4) is 0 Å². The molecule has 1 aliphatic carbocycles. The molecule has 0 aromatic heterocycles. The van der Waals surface area contributed by atoms with Gasteiger partial charge in [-0.3, -0.25) is 4.90 Å². The minimum atomic E-state index is -0.363. The Kier molecular flexibility index (Phi) is 3.61. The van der Waals surface area contributed by atoms with E-state index in [-0.39, 0.29) is 17.9 Å². The molecule has 17 heavy (non-hydrogen) atoms. The van der Waals surface area contributed by atoms with Crippen LogP contribution in [0, 0.1) is 5.82 Å². The first kappa shape index (κ1) is 11.9. The Hall–Kier alpha value is -1.58. The van der Waals surface area contributed by atoms with E-state index in [1.54, 1.807) is 18.2 Å². The number of rotatable bonds is 3. The third-order valence-electron chi connectivity index (χ3n) is 3.14. The van der Waals surface area contributed by atoms with E-state index in [0.29, 0.717) is 12.2 Å². The highest BCUT2D eigenvalue weighted by Gasteiger charge is 2.23. The highest BCUT2D eigenvalue weighted by molar-refractivity contribution is 5.92. The van der Waals surface area contributed by atoms with Crippen molar-refractivity contribution >= 4 is 11.7 Å².